The van der Waals surface area contributed by atoms with E-state index in [1.165, 1.54) is 0 Å². The largest absolute Gasteiger partial charge is 0.497 e. The summed E-state index contributed by atoms with van der Waals surface area (Å²) in [5.41, 5.74) is 1.00. The van der Waals surface area contributed by atoms with Gasteiger partial charge in [-0.25, -0.2) is 0 Å². The molecular formula is C22H25NO3S. The summed E-state index contributed by atoms with van der Waals surface area (Å²) in [5, 5.41) is 0. The van der Waals surface area contributed by atoms with Gasteiger partial charge in [0, 0.05) is 23.2 Å². The summed E-state index contributed by atoms with van der Waals surface area (Å²) in [4.78, 5) is 16.2. The van der Waals surface area contributed by atoms with Crippen LogP contribution < -0.4 is 4.74 Å². The Labute approximate surface area is 163 Å². The first kappa shape index (κ1) is 18.2. The zero-order valence-corrected chi connectivity index (χ0v) is 16.4. The van der Waals surface area contributed by atoms with Gasteiger partial charge in [-0.2, -0.15) is 0 Å². The van der Waals surface area contributed by atoms with Gasteiger partial charge < -0.3 is 9.64 Å². The Morgan fingerprint density at radius 1 is 1.11 bits per heavy atom. The summed E-state index contributed by atoms with van der Waals surface area (Å²) < 4.78 is 18.2. The van der Waals surface area contributed by atoms with Crippen molar-refractivity contribution in [3.05, 3.63) is 60.2 Å². The van der Waals surface area contributed by atoms with E-state index in [2.05, 4.69) is 4.90 Å². The molecule has 0 N–H and O–H groups in total. The first-order valence-electron chi connectivity index (χ1n) is 9.55. The van der Waals surface area contributed by atoms with E-state index in [-0.39, 0.29) is 17.7 Å². The summed E-state index contributed by atoms with van der Waals surface area (Å²) in [7, 11) is 0.541. The Morgan fingerprint density at radius 2 is 1.85 bits per heavy atom. The molecule has 2 aromatic carbocycles. The summed E-state index contributed by atoms with van der Waals surface area (Å²) in [5.74, 6) is 1.37. The van der Waals surface area contributed by atoms with Crippen LogP contribution in [0.1, 0.15) is 30.7 Å². The SMILES string of the molecule is COc1ccc(C2C(=O)N3CCC[C@H]3CC2CS(=O)c2ccccc2)cc1. The van der Waals surface area contributed by atoms with E-state index in [0.717, 1.165) is 42.0 Å². The maximum absolute atomic E-state index is 13.3. The molecule has 1 amide bonds. The summed E-state index contributed by atoms with van der Waals surface area (Å²) in [6.45, 7) is 0.852. The van der Waals surface area contributed by atoms with E-state index < -0.39 is 10.8 Å². The maximum Gasteiger partial charge on any atom is 0.230 e. The Kier molecular flexibility index (Phi) is 5.30. The van der Waals surface area contributed by atoms with Crippen molar-refractivity contribution >= 4 is 16.7 Å². The van der Waals surface area contributed by atoms with Gasteiger partial charge in [0.15, 0.2) is 0 Å². The van der Waals surface area contributed by atoms with Gasteiger partial charge in [-0.3, -0.25) is 9.00 Å². The molecule has 5 heteroatoms. The predicted molar refractivity (Wildman–Crippen MR) is 106 cm³/mol. The number of benzene rings is 2. The molecule has 4 nitrogen and oxygen atoms in total. The van der Waals surface area contributed by atoms with E-state index in [1.807, 2.05) is 54.6 Å². The molecule has 2 saturated heterocycles. The lowest BCUT2D eigenvalue weighted by Gasteiger charge is -2.40. The van der Waals surface area contributed by atoms with Crippen LogP contribution in [0.5, 0.6) is 5.75 Å². The first-order valence-corrected chi connectivity index (χ1v) is 10.9. The third-order valence-corrected chi connectivity index (χ3v) is 7.35. The number of nitrogens with zero attached hydrogens (tertiary/aromatic N) is 1. The molecule has 142 valence electrons. The number of methoxy groups -OCH3 is 1. The molecule has 0 aliphatic carbocycles. The second-order valence-electron chi connectivity index (χ2n) is 7.40. The van der Waals surface area contributed by atoms with E-state index in [9.17, 15) is 9.00 Å². The van der Waals surface area contributed by atoms with Gasteiger partial charge in [-0.05, 0) is 55.0 Å². The van der Waals surface area contributed by atoms with Crippen LogP contribution in [-0.4, -0.2) is 40.5 Å². The third-order valence-electron chi connectivity index (χ3n) is 5.82. The molecule has 0 radical (unpaired) electrons. The fourth-order valence-electron chi connectivity index (χ4n) is 4.49. The Morgan fingerprint density at radius 3 is 2.56 bits per heavy atom. The van der Waals surface area contributed by atoms with Crippen molar-refractivity contribution in [3.63, 3.8) is 0 Å². The van der Waals surface area contributed by atoms with Gasteiger partial charge >= 0.3 is 0 Å². The number of amides is 1. The second kappa shape index (κ2) is 7.85. The molecule has 2 fully saturated rings. The van der Waals surface area contributed by atoms with Crippen LogP contribution in [-0.2, 0) is 15.6 Å². The van der Waals surface area contributed by atoms with Crippen molar-refractivity contribution in [3.8, 4) is 5.75 Å². The molecule has 2 aliphatic rings. The second-order valence-corrected chi connectivity index (χ2v) is 8.90. The number of carbonyl (C=O) groups excluding carboxylic acids is 1. The third kappa shape index (κ3) is 3.65. The highest BCUT2D eigenvalue weighted by Gasteiger charge is 2.44. The fourth-order valence-corrected chi connectivity index (χ4v) is 5.86. The zero-order valence-electron chi connectivity index (χ0n) is 15.5. The summed E-state index contributed by atoms with van der Waals surface area (Å²) in [6, 6.07) is 17.7. The van der Waals surface area contributed by atoms with Crippen LogP contribution in [0.15, 0.2) is 59.5 Å². The highest BCUT2D eigenvalue weighted by Crippen LogP contribution is 2.41. The minimum absolute atomic E-state index is 0.0892. The molecule has 0 bridgehead atoms. The predicted octanol–water partition coefficient (Wildman–Crippen LogP) is 3.60. The standard InChI is InChI=1S/C22H25NO3S/c1-26-19-11-9-16(10-12-19)21-17(14-18-6-5-13-23(18)22(21)24)15-27(25)20-7-3-2-4-8-20/h2-4,7-12,17-18,21H,5-6,13-15H2,1H3/t17?,18-,21?,27?/m0/s1. The molecule has 2 aliphatic heterocycles. The quantitative estimate of drug-likeness (QED) is 0.793. The molecule has 0 spiro atoms. The highest BCUT2D eigenvalue weighted by atomic mass is 32.2. The van der Waals surface area contributed by atoms with E-state index >= 15 is 0 Å². The van der Waals surface area contributed by atoms with E-state index in [4.69, 9.17) is 4.74 Å². The average molecular weight is 384 g/mol. The fraction of sp³-hybridized carbons (Fsp3) is 0.409. The van der Waals surface area contributed by atoms with Crippen LogP contribution in [0.3, 0.4) is 0 Å². The van der Waals surface area contributed by atoms with Gasteiger partial charge in [-0.15, -0.1) is 0 Å². The number of hydrogen-bond acceptors (Lipinski definition) is 3. The van der Waals surface area contributed by atoms with Gasteiger partial charge in [0.25, 0.3) is 0 Å². The van der Waals surface area contributed by atoms with E-state index in [1.54, 1.807) is 7.11 Å². The average Bonchev–Trinajstić information content (AvgIpc) is 3.18. The normalized spacial score (nSPS) is 25.9. The Hall–Kier alpha value is -2.14. The van der Waals surface area contributed by atoms with Crippen LogP contribution in [0.4, 0.5) is 0 Å². The van der Waals surface area contributed by atoms with Gasteiger partial charge in [-0.1, -0.05) is 30.3 Å². The highest BCUT2D eigenvalue weighted by molar-refractivity contribution is 7.85. The number of piperidine rings is 1. The number of fused-ring (bicyclic) bond motifs is 1. The van der Waals surface area contributed by atoms with E-state index in [0.29, 0.717) is 11.8 Å². The Bertz CT molecular complexity index is 821. The molecule has 27 heavy (non-hydrogen) atoms. The number of ether oxygens (including phenoxy) is 1. The van der Waals surface area contributed by atoms with Crippen molar-refractivity contribution in [1.82, 2.24) is 4.90 Å². The molecule has 0 saturated carbocycles. The summed E-state index contributed by atoms with van der Waals surface area (Å²) >= 11 is 0. The molecular weight excluding hydrogens is 358 g/mol. The zero-order chi connectivity index (χ0) is 18.8. The summed E-state index contributed by atoms with van der Waals surface area (Å²) in [6.07, 6.45) is 3.07. The first-order chi connectivity index (χ1) is 13.2. The van der Waals surface area contributed by atoms with Gasteiger partial charge in [0.2, 0.25) is 5.91 Å². The van der Waals surface area contributed by atoms with Crippen LogP contribution in [0.25, 0.3) is 0 Å². The number of rotatable bonds is 5. The van der Waals surface area contributed by atoms with Crippen molar-refractivity contribution in [2.45, 2.75) is 36.1 Å². The number of carbonyl (C=O) groups is 1. The van der Waals surface area contributed by atoms with Crippen molar-refractivity contribution < 1.29 is 13.7 Å². The smallest absolute Gasteiger partial charge is 0.230 e. The lowest BCUT2D eigenvalue weighted by molar-refractivity contribution is -0.138. The molecule has 3 unspecified atom stereocenters. The van der Waals surface area contributed by atoms with Gasteiger partial charge in [0.1, 0.15) is 5.75 Å². The minimum Gasteiger partial charge on any atom is -0.497 e. The van der Waals surface area contributed by atoms with Crippen LogP contribution in [0, 0.1) is 5.92 Å². The minimum atomic E-state index is -1.10. The molecule has 2 aromatic rings. The van der Waals surface area contributed by atoms with Crippen LogP contribution in [0.2, 0.25) is 0 Å². The van der Waals surface area contributed by atoms with Crippen molar-refractivity contribution in [1.29, 1.82) is 0 Å². The maximum atomic E-state index is 13.3. The van der Waals surface area contributed by atoms with Crippen molar-refractivity contribution in [2.75, 3.05) is 19.4 Å². The number of hydrogen-bond donors (Lipinski definition) is 0. The van der Waals surface area contributed by atoms with Gasteiger partial charge in [0.05, 0.1) is 23.8 Å². The topological polar surface area (TPSA) is 46.6 Å². The molecule has 4 rings (SSSR count). The van der Waals surface area contributed by atoms with Crippen molar-refractivity contribution in [2.24, 2.45) is 5.92 Å². The lowest BCUT2D eigenvalue weighted by Crippen LogP contribution is -2.48. The monoisotopic (exact) mass is 383 g/mol. The van der Waals surface area contributed by atoms with Crippen LogP contribution >= 0.6 is 0 Å². The molecule has 2 heterocycles. The lowest BCUT2D eigenvalue weighted by atomic mass is 9.78. The Balaban J connectivity index is 1.63. The molecule has 0 aromatic heterocycles. The molecule has 4 atom stereocenters.